The van der Waals surface area contributed by atoms with Crippen LogP contribution in [-0.2, 0) is 52.5 Å². The van der Waals surface area contributed by atoms with E-state index in [1.807, 2.05) is 6.92 Å². The van der Waals surface area contributed by atoms with Crippen LogP contribution < -0.4 is 0 Å². The first-order valence-electron chi connectivity index (χ1n) is 12.9. The minimum absolute atomic E-state index is 0.102. The number of rotatable bonds is 20. The summed E-state index contributed by atoms with van der Waals surface area (Å²) >= 11 is 0. The van der Waals surface area contributed by atoms with E-state index in [4.69, 9.17) is 28.8 Å². The normalized spacial score (nSPS) is 12.1. The Morgan fingerprint density at radius 3 is 1.92 bits per heavy atom. The molecule has 0 saturated heterocycles. The van der Waals surface area contributed by atoms with E-state index in [-0.39, 0.29) is 12.6 Å². The monoisotopic (exact) mass is 556 g/mol. The quantitative estimate of drug-likeness (QED) is 0.101. The second-order valence-electron chi connectivity index (χ2n) is 9.08. The molecule has 1 atom stereocenters. The van der Waals surface area contributed by atoms with E-state index >= 15 is 0 Å². The summed E-state index contributed by atoms with van der Waals surface area (Å²) in [7, 11) is 0. The zero-order chi connectivity index (χ0) is 29.7. The minimum atomic E-state index is -1.37. The number of carboxylic acids is 1. The second kappa shape index (κ2) is 20.3. The lowest BCUT2D eigenvalue weighted by molar-refractivity contribution is -0.167. The lowest BCUT2D eigenvalue weighted by Gasteiger charge is -2.23. The number of aliphatic carboxylic acids is 1. The first-order valence-corrected chi connectivity index (χ1v) is 12.9. The molecule has 0 radical (unpaired) electrons. The van der Waals surface area contributed by atoms with Crippen LogP contribution in [0.5, 0.6) is 0 Å². The zero-order valence-electron chi connectivity index (χ0n) is 23.1. The first-order chi connectivity index (χ1) is 18.4. The van der Waals surface area contributed by atoms with Crippen molar-refractivity contribution < 1.29 is 57.6 Å². The Hall–Kier alpha value is -3.70. The Morgan fingerprint density at radius 1 is 0.718 bits per heavy atom. The number of ether oxygens (including phenoxy) is 5. The van der Waals surface area contributed by atoms with Gasteiger partial charge in [-0.3, -0.25) is 9.59 Å². The number of unbranched alkanes of at least 4 members (excludes halogenated alkanes) is 3. The third-order valence-electron chi connectivity index (χ3n) is 5.28. The summed E-state index contributed by atoms with van der Waals surface area (Å²) in [4.78, 5) is 69.8. The summed E-state index contributed by atoms with van der Waals surface area (Å²) in [6, 6.07) is 0. The maximum Gasteiger partial charge on any atom is 0.331 e. The molecule has 0 aromatic rings. The highest BCUT2D eigenvalue weighted by molar-refractivity contribution is 5.92. The van der Waals surface area contributed by atoms with Crippen molar-refractivity contribution in [3.63, 3.8) is 0 Å². The van der Waals surface area contributed by atoms with Gasteiger partial charge in [0.25, 0.3) is 0 Å². The Balaban J connectivity index is 4.54. The van der Waals surface area contributed by atoms with Crippen LogP contribution in [0, 0.1) is 5.41 Å². The lowest BCUT2D eigenvalue weighted by Crippen LogP contribution is -2.33. The maximum atomic E-state index is 12.2. The molecule has 0 amide bonds. The summed E-state index contributed by atoms with van der Waals surface area (Å²) in [5.74, 6) is -4.95. The molecule has 0 aliphatic rings. The molecular formula is C27H40O12. The highest BCUT2D eigenvalue weighted by Crippen LogP contribution is 2.21. The Kier molecular flexibility index (Phi) is 18.4. The van der Waals surface area contributed by atoms with Gasteiger partial charge in [0.05, 0.1) is 18.6 Å². The molecule has 0 saturated carbocycles. The predicted molar refractivity (Wildman–Crippen MR) is 137 cm³/mol. The van der Waals surface area contributed by atoms with Crippen LogP contribution in [0.3, 0.4) is 0 Å². The van der Waals surface area contributed by atoms with E-state index in [1.54, 1.807) is 20.8 Å². The molecule has 1 N–H and O–H groups in total. The number of carbonyl (C=O) groups excluding carboxylic acids is 5. The molecule has 0 aliphatic carbocycles. The SMILES string of the molecule is CCCCOC(=O)CCCCCOC(=O)/C=C/C(=O)OCC(COC(=O)C(C)(C)CC)OC(=O)/C=C/C(=O)O. The van der Waals surface area contributed by atoms with E-state index < -0.39 is 54.6 Å². The standard InChI is InChI=1S/C27H40O12/c1-5-7-16-35-22(30)11-9-8-10-17-36-23(31)14-15-24(32)37-18-20(39-25(33)13-12-21(28)29)19-38-26(34)27(3,4)6-2/h12-15,20H,5-11,16-19H2,1-4H3,(H,28,29)/b13-12+,15-14+. The van der Waals surface area contributed by atoms with E-state index in [2.05, 4.69) is 0 Å². The van der Waals surface area contributed by atoms with Gasteiger partial charge in [-0.2, -0.15) is 0 Å². The third kappa shape index (κ3) is 19.1. The molecule has 0 aromatic carbocycles. The van der Waals surface area contributed by atoms with Crippen molar-refractivity contribution in [1.82, 2.24) is 0 Å². The first kappa shape index (κ1) is 35.3. The number of hydrogen-bond donors (Lipinski definition) is 1. The average Bonchev–Trinajstić information content (AvgIpc) is 2.89. The average molecular weight is 557 g/mol. The summed E-state index contributed by atoms with van der Waals surface area (Å²) < 4.78 is 25.1. The van der Waals surface area contributed by atoms with Gasteiger partial charge in [-0.15, -0.1) is 0 Å². The van der Waals surface area contributed by atoms with Crippen LogP contribution in [0.4, 0.5) is 0 Å². The molecule has 12 heteroatoms. The fourth-order valence-electron chi connectivity index (χ4n) is 2.50. The van der Waals surface area contributed by atoms with Gasteiger partial charge < -0.3 is 28.8 Å². The van der Waals surface area contributed by atoms with Gasteiger partial charge in [-0.05, 0) is 46.0 Å². The van der Waals surface area contributed by atoms with Gasteiger partial charge in [0.2, 0.25) is 0 Å². The maximum absolute atomic E-state index is 12.2. The van der Waals surface area contributed by atoms with Crippen molar-refractivity contribution in [3.8, 4) is 0 Å². The lowest BCUT2D eigenvalue weighted by atomic mass is 9.91. The van der Waals surface area contributed by atoms with Gasteiger partial charge >= 0.3 is 35.8 Å². The van der Waals surface area contributed by atoms with E-state index in [0.717, 1.165) is 25.0 Å². The van der Waals surface area contributed by atoms with Crippen LogP contribution in [0.25, 0.3) is 0 Å². The smallest absolute Gasteiger partial charge is 0.331 e. The van der Waals surface area contributed by atoms with Crippen molar-refractivity contribution >= 4 is 35.8 Å². The molecule has 0 aliphatic heterocycles. The van der Waals surface area contributed by atoms with Gasteiger partial charge in [0, 0.05) is 30.7 Å². The van der Waals surface area contributed by atoms with Gasteiger partial charge in [0.1, 0.15) is 13.2 Å². The van der Waals surface area contributed by atoms with Crippen LogP contribution in [0.1, 0.15) is 72.6 Å². The van der Waals surface area contributed by atoms with Crippen LogP contribution in [0.15, 0.2) is 24.3 Å². The molecule has 0 bridgehead atoms. The number of carbonyl (C=O) groups is 6. The fourth-order valence-corrected chi connectivity index (χ4v) is 2.50. The van der Waals surface area contributed by atoms with Crippen molar-refractivity contribution in [2.45, 2.75) is 78.7 Å². The molecule has 0 fully saturated rings. The van der Waals surface area contributed by atoms with Crippen LogP contribution in [-0.4, -0.2) is 73.5 Å². The van der Waals surface area contributed by atoms with Gasteiger partial charge in [-0.25, -0.2) is 19.2 Å². The van der Waals surface area contributed by atoms with E-state index in [0.29, 0.717) is 50.9 Å². The molecule has 12 nitrogen and oxygen atoms in total. The van der Waals surface area contributed by atoms with E-state index in [9.17, 15) is 28.8 Å². The second-order valence-corrected chi connectivity index (χ2v) is 9.08. The Bertz CT molecular complexity index is 872. The summed E-state index contributed by atoms with van der Waals surface area (Å²) in [6.45, 7) is 6.69. The third-order valence-corrected chi connectivity index (χ3v) is 5.28. The van der Waals surface area contributed by atoms with E-state index in [1.165, 1.54) is 0 Å². The fraction of sp³-hybridized carbons (Fsp3) is 0.630. The molecule has 39 heavy (non-hydrogen) atoms. The number of carboxylic acid groups (broad SMARTS) is 1. The predicted octanol–water partition coefficient (Wildman–Crippen LogP) is 3.06. The molecule has 0 rings (SSSR count). The molecule has 220 valence electrons. The van der Waals surface area contributed by atoms with Crippen LogP contribution >= 0.6 is 0 Å². The summed E-state index contributed by atoms with van der Waals surface area (Å²) in [5.41, 5.74) is -0.794. The van der Waals surface area contributed by atoms with Gasteiger partial charge in [0.15, 0.2) is 6.10 Å². The van der Waals surface area contributed by atoms with Crippen molar-refractivity contribution in [1.29, 1.82) is 0 Å². The molecular weight excluding hydrogens is 516 g/mol. The number of hydrogen-bond acceptors (Lipinski definition) is 11. The number of esters is 5. The highest BCUT2D eigenvalue weighted by atomic mass is 16.6. The topological polar surface area (TPSA) is 169 Å². The molecule has 0 heterocycles. The van der Waals surface area contributed by atoms with Crippen molar-refractivity contribution in [2.75, 3.05) is 26.4 Å². The summed E-state index contributed by atoms with van der Waals surface area (Å²) in [6.07, 6.45) is 6.05. The Morgan fingerprint density at radius 2 is 1.31 bits per heavy atom. The Labute approximate surface area is 228 Å². The van der Waals surface area contributed by atoms with Crippen LogP contribution in [0.2, 0.25) is 0 Å². The molecule has 0 aromatic heterocycles. The molecule has 1 unspecified atom stereocenters. The molecule has 0 spiro atoms. The van der Waals surface area contributed by atoms with Crippen molar-refractivity contribution in [3.05, 3.63) is 24.3 Å². The van der Waals surface area contributed by atoms with Crippen molar-refractivity contribution in [2.24, 2.45) is 5.41 Å². The van der Waals surface area contributed by atoms with Gasteiger partial charge in [-0.1, -0.05) is 20.3 Å². The largest absolute Gasteiger partial charge is 0.478 e. The highest BCUT2D eigenvalue weighted by Gasteiger charge is 2.28. The zero-order valence-corrected chi connectivity index (χ0v) is 23.1. The minimum Gasteiger partial charge on any atom is -0.478 e. The summed E-state index contributed by atoms with van der Waals surface area (Å²) in [5, 5.41) is 8.62.